The Morgan fingerprint density at radius 3 is 2.41 bits per heavy atom. The molecule has 1 amide bonds. The summed E-state index contributed by atoms with van der Waals surface area (Å²) < 4.78 is 0. The Morgan fingerprint density at radius 2 is 1.79 bits per heavy atom. The van der Waals surface area contributed by atoms with Crippen molar-refractivity contribution in [2.24, 2.45) is 4.99 Å². The van der Waals surface area contributed by atoms with Crippen LogP contribution in [0, 0.1) is 0 Å². The predicted molar refractivity (Wildman–Crippen MR) is 120 cm³/mol. The number of nitrogens with zero attached hydrogens (tertiary/aromatic N) is 4. The van der Waals surface area contributed by atoms with Crippen LogP contribution in [0.15, 0.2) is 35.3 Å². The molecule has 1 aliphatic rings. The van der Waals surface area contributed by atoms with Crippen molar-refractivity contribution in [2.75, 3.05) is 59.9 Å². The zero-order valence-electron chi connectivity index (χ0n) is 18.5. The molecule has 0 radical (unpaired) electrons. The molecule has 2 rings (SSSR count). The Bertz CT molecular complexity index is 627. The van der Waals surface area contributed by atoms with E-state index in [1.54, 1.807) is 6.92 Å². The van der Waals surface area contributed by atoms with Crippen LogP contribution in [0.5, 0.6) is 0 Å². The molecule has 0 aromatic heterocycles. The SMILES string of the molecule is CN=C(NCCC(C)N(C)Cc1ccccc1)NCCN1CCN(C(C)=O)CC1. The Hall–Kier alpha value is -2.12. The highest BCUT2D eigenvalue weighted by Gasteiger charge is 2.18. The minimum Gasteiger partial charge on any atom is -0.356 e. The van der Waals surface area contributed by atoms with E-state index in [0.717, 1.165) is 64.7 Å². The highest BCUT2D eigenvalue weighted by Crippen LogP contribution is 2.07. The first-order valence-electron chi connectivity index (χ1n) is 10.7. The van der Waals surface area contributed by atoms with Crippen molar-refractivity contribution in [1.82, 2.24) is 25.3 Å². The third-order valence-corrected chi connectivity index (χ3v) is 5.64. The van der Waals surface area contributed by atoms with Gasteiger partial charge in [0.1, 0.15) is 0 Å². The molecule has 0 bridgehead atoms. The molecule has 7 heteroatoms. The average molecular weight is 403 g/mol. The van der Waals surface area contributed by atoms with Crippen LogP contribution in [0.1, 0.15) is 25.8 Å². The van der Waals surface area contributed by atoms with Gasteiger partial charge in [-0.2, -0.15) is 0 Å². The number of rotatable bonds is 9. The van der Waals surface area contributed by atoms with Crippen LogP contribution in [0.4, 0.5) is 0 Å². The fraction of sp³-hybridized carbons (Fsp3) is 0.636. The van der Waals surface area contributed by atoms with E-state index in [-0.39, 0.29) is 5.91 Å². The van der Waals surface area contributed by atoms with Gasteiger partial charge in [-0.25, -0.2) is 0 Å². The molecule has 1 heterocycles. The fourth-order valence-corrected chi connectivity index (χ4v) is 3.49. The van der Waals surface area contributed by atoms with Gasteiger partial charge < -0.3 is 15.5 Å². The molecule has 0 saturated carbocycles. The van der Waals surface area contributed by atoms with E-state index in [9.17, 15) is 4.79 Å². The summed E-state index contributed by atoms with van der Waals surface area (Å²) in [5, 5.41) is 6.82. The average Bonchev–Trinajstić information content (AvgIpc) is 2.73. The number of hydrogen-bond acceptors (Lipinski definition) is 4. The van der Waals surface area contributed by atoms with Crippen molar-refractivity contribution in [1.29, 1.82) is 0 Å². The molecule has 7 nitrogen and oxygen atoms in total. The van der Waals surface area contributed by atoms with E-state index in [1.165, 1.54) is 5.56 Å². The lowest BCUT2D eigenvalue weighted by molar-refractivity contribution is -0.130. The number of benzene rings is 1. The zero-order chi connectivity index (χ0) is 21.1. The molecular weight excluding hydrogens is 364 g/mol. The third kappa shape index (κ3) is 8.41. The number of carbonyl (C=O) groups is 1. The molecule has 162 valence electrons. The van der Waals surface area contributed by atoms with Gasteiger partial charge in [0.05, 0.1) is 0 Å². The van der Waals surface area contributed by atoms with E-state index < -0.39 is 0 Å². The van der Waals surface area contributed by atoms with Crippen LogP contribution in [0.3, 0.4) is 0 Å². The molecule has 1 saturated heterocycles. The molecule has 1 aliphatic heterocycles. The summed E-state index contributed by atoms with van der Waals surface area (Å²) in [6, 6.07) is 11.1. The molecule has 1 fully saturated rings. The Morgan fingerprint density at radius 1 is 1.14 bits per heavy atom. The summed E-state index contributed by atoms with van der Waals surface area (Å²) in [6.45, 7) is 11.1. The smallest absolute Gasteiger partial charge is 0.219 e. The van der Waals surface area contributed by atoms with E-state index >= 15 is 0 Å². The molecule has 1 unspecified atom stereocenters. The van der Waals surface area contributed by atoms with Gasteiger partial charge in [-0.3, -0.25) is 19.6 Å². The van der Waals surface area contributed by atoms with Gasteiger partial charge in [0.25, 0.3) is 0 Å². The second-order valence-electron chi connectivity index (χ2n) is 7.81. The number of hydrogen-bond donors (Lipinski definition) is 2. The lowest BCUT2D eigenvalue weighted by Crippen LogP contribution is -2.50. The Balaban J connectivity index is 1.59. The van der Waals surface area contributed by atoms with Crippen LogP contribution in [0.25, 0.3) is 0 Å². The van der Waals surface area contributed by atoms with Crippen molar-refractivity contribution in [3.63, 3.8) is 0 Å². The fourth-order valence-electron chi connectivity index (χ4n) is 3.49. The summed E-state index contributed by atoms with van der Waals surface area (Å²) in [6.07, 6.45) is 1.05. The van der Waals surface area contributed by atoms with Gasteiger partial charge in [-0.05, 0) is 26.0 Å². The second kappa shape index (κ2) is 12.4. The van der Waals surface area contributed by atoms with Crippen molar-refractivity contribution in [3.05, 3.63) is 35.9 Å². The molecule has 1 aromatic carbocycles. The topological polar surface area (TPSA) is 63.2 Å². The zero-order valence-corrected chi connectivity index (χ0v) is 18.5. The summed E-state index contributed by atoms with van der Waals surface area (Å²) in [5.41, 5.74) is 1.34. The molecular formula is C22H38N6O. The first-order valence-corrected chi connectivity index (χ1v) is 10.7. The molecule has 1 atom stereocenters. The number of amides is 1. The second-order valence-corrected chi connectivity index (χ2v) is 7.81. The summed E-state index contributed by atoms with van der Waals surface area (Å²) in [4.78, 5) is 22.4. The number of nitrogens with one attached hydrogen (secondary N) is 2. The van der Waals surface area contributed by atoms with Gasteiger partial charge in [0, 0.05) is 72.4 Å². The van der Waals surface area contributed by atoms with Crippen LogP contribution in [-0.2, 0) is 11.3 Å². The normalized spacial score (nSPS) is 16.7. The van der Waals surface area contributed by atoms with Gasteiger partial charge >= 0.3 is 0 Å². The van der Waals surface area contributed by atoms with E-state index in [4.69, 9.17) is 0 Å². The minimum absolute atomic E-state index is 0.177. The molecule has 0 aliphatic carbocycles. The first-order chi connectivity index (χ1) is 14.0. The minimum atomic E-state index is 0.177. The standard InChI is InChI=1S/C22H38N6O/c1-19(26(4)18-21-8-6-5-7-9-21)10-11-24-22(23-3)25-12-13-27-14-16-28(17-15-27)20(2)29/h5-9,19H,10-18H2,1-4H3,(H2,23,24,25). The van der Waals surface area contributed by atoms with Crippen LogP contribution in [0.2, 0.25) is 0 Å². The predicted octanol–water partition coefficient (Wildman–Crippen LogP) is 1.23. The van der Waals surface area contributed by atoms with Crippen molar-refractivity contribution in [2.45, 2.75) is 32.9 Å². The van der Waals surface area contributed by atoms with Gasteiger partial charge in [0.15, 0.2) is 5.96 Å². The molecule has 0 spiro atoms. The van der Waals surface area contributed by atoms with Gasteiger partial charge in [0.2, 0.25) is 5.91 Å². The summed E-state index contributed by atoms with van der Waals surface area (Å²) >= 11 is 0. The first kappa shape index (κ1) is 23.2. The largest absolute Gasteiger partial charge is 0.356 e. The van der Waals surface area contributed by atoms with E-state index in [1.807, 2.05) is 11.9 Å². The van der Waals surface area contributed by atoms with Crippen LogP contribution >= 0.6 is 0 Å². The monoisotopic (exact) mass is 402 g/mol. The maximum Gasteiger partial charge on any atom is 0.219 e. The molecule has 29 heavy (non-hydrogen) atoms. The van der Waals surface area contributed by atoms with E-state index in [2.05, 4.69) is 69.7 Å². The van der Waals surface area contributed by atoms with Crippen LogP contribution in [-0.4, -0.2) is 92.5 Å². The van der Waals surface area contributed by atoms with Gasteiger partial charge in [-0.1, -0.05) is 30.3 Å². The highest BCUT2D eigenvalue weighted by molar-refractivity contribution is 5.79. The Kier molecular flexibility index (Phi) is 9.94. The lowest BCUT2D eigenvalue weighted by atomic mass is 10.1. The van der Waals surface area contributed by atoms with Crippen molar-refractivity contribution >= 4 is 11.9 Å². The number of guanidine groups is 1. The number of piperazine rings is 1. The summed E-state index contributed by atoms with van der Waals surface area (Å²) in [7, 11) is 3.99. The van der Waals surface area contributed by atoms with Crippen molar-refractivity contribution < 1.29 is 4.79 Å². The lowest BCUT2D eigenvalue weighted by Gasteiger charge is -2.34. The Labute approximate surface area is 176 Å². The summed E-state index contributed by atoms with van der Waals surface area (Å²) in [5.74, 6) is 1.03. The van der Waals surface area contributed by atoms with Crippen LogP contribution < -0.4 is 10.6 Å². The van der Waals surface area contributed by atoms with Gasteiger partial charge in [-0.15, -0.1) is 0 Å². The number of aliphatic imine (C=N–C) groups is 1. The van der Waals surface area contributed by atoms with E-state index in [0.29, 0.717) is 6.04 Å². The quantitative estimate of drug-likeness (QED) is 0.480. The third-order valence-electron chi connectivity index (χ3n) is 5.64. The highest BCUT2D eigenvalue weighted by atomic mass is 16.2. The number of carbonyl (C=O) groups excluding carboxylic acids is 1. The maximum absolute atomic E-state index is 11.4. The molecule has 1 aromatic rings. The van der Waals surface area contributed by atoms with Crippen molar-refractivity contribution in [3.8, 4) is 0 Å². The molecule has 2 N–H and O–H groups in total. The maximum atomic E-state index is 11.4.